The molecule has 2 aliphatic rings. The maximum Gasteiger partial charge on any atom is 0.0994 e. The summed E-state index contributed by atoms with van der Waals surface area (Å²) >= 11 is 0. The first kappa shape index (κ1) is 13.1. The van der Waals surface area contributed by atoms with Gasteiger partial charge in [0.1, 0.15) is 0 Å². The Kier molecular flexibility index (Phi) is 3.58. The summed E-state index contributed by atoms with van der Waals surface area (Å²) in [7, 11) is 0. The van der Waals surface area contributed by atoms with Gasteiger partial charge in [-0.15, -0.1) is 5.10 Å². The minimum atomic E-state index is 0.00836. The summed E-state index contributed by atoms with van der Waals surface area (Å²) in [6.07, 6.45) is 10.1. The third-order valence-corrected chi connectivity index (χ3v) is 4.70. The SMILES string of the molecule is CCC(N)c1cn(C2CCOC3(CCCC3)C2)nn1. The molecular formula is C14H24N4O. The zero-order valence-corrected chi connectivity index (χ0v) is 11.7. The van der Waals surface area contributed by atoms with E-state index in [2.05, 4.69) is 17.2 Å². The summed E-state index contributed by atoms with van der Waals surface area (Å²) < 4.78 is 8.09. The smallest absolute Gasteiger partial charge is 0.0994 e. The Balaban J connectivity index is 1.73. The van der Waals surface area contributed by atoms with E-state index in [0.29, 0.717) is 6.04 Å². The van der Waals surface area contributed by atoms with Gasteiger partial charge in [0.2, 0.25) is 0 Å². The van der Waals surface area contributed by atoms with E-state index >= 15 is 0 Å². The lowest BCUT2D eigenvalue weighted by Gasteiger charge is -2.38. The van der Waals surface area contributed by atoms with Gasteiger partial charge in [-0.05, 0) is 32.1 Å². The van der Waals surface area contributed by atoms with E-state index in [9.17, 15) is 0 Å². The molecule has 5 heteroatoms. The largest absolute Gasteiger partial charge is 0.375 e. The van der Waals surface area contributed by atoms with Gasteiger partial charge in [-0.2, -0.15) is 0 Å². The van der Waals surface area contributed by atoms with Crippen molar-refractivity contribution in [2.24, 2.45) is 5.73 Å². The van der Waals surface area contributed by atoms with Crippen LogP contribution in [-0.4, -0.2) is 27.2 Å². The van der Waals surface area contributed by atoms with E-state index in [1.54, 1.807) is 0 Å². The van der Waals surface area contributed by atoms with Crippen molar-refractivity contribution in [3.05, 3.63) is 11.9 Å². The van der Waals surface area contributed by atoms with Gasteiger partial charge in [-0.3, -0.25) is 0 Å². The van der Waals surface area contributed by atoms with Gasteiger partial charge in [0.05, 0.1) is 29.6 Å². The predicted molar refractivity (Wildman–Crippen MR) is 72.7 cm³/mol. The molecule has 2 unspecified atom stereocenters. The fourth-order valence-electron chi connectivity index (χ4n) is 3.44. The second-order valence-corrected chi connectivity index (χ2v) is 6.02. The van der Waals surface area contributed by atoms with E-state index < -0.39 is 0 Å². The first-order chi connectivity index (χ1) is 9.22. The fourth-order valence-corrected chi connectivity index (χ4v) is 3.44. The van der Waals surface area contributed by atoms with Crippen LogP contribution in [0, 0.1) is 0 Å². The summed E-state index contributed by atoms with van der Waals surface area (Å²) in [5, 5.41) is 8.52. The van der Waals surface area contributed by atoms with E-state index in [1.807, 2.05) is 10.9 Å². The monoisotopic (exact) mass is 264 g/mol. The molecule has 2 N–H and O–H groups in total. The molecule has 1 spiro atoms. The molecule has 3 rings (SSSR count). The summed E-state index contributed by atoms with van der Waals surface area (Å²) in [5.41, 5.74) is 7.05. The van der Waals surface area contributed by atoms with Crippen molar-refractivity contribution in [3.8, 4) is 0 Å². The van der Waals surface area contributed by atoms with Gasteiger partial charge < -0.3 is 10.5 Å². The Morgan fingerprint density at radius 2 is 2.32 bits per heavy atom. The van der Waals surface area contributed by atoms with Gasteiger partial charge in [0.25, 0.3) is 0 Å². The lowest BCUT2D eigenvalue weighted by molar-refractivity contribution is -0.0911. The second kappa shape index (κ2) is 5.21. The molecule has 1 aromatic heterocycles. The quantitative estimate of drug-likeness (QED) is 0.910. The number of nitrogens with two attached hydrogens (primary N) is 1. The molecule has 0 aromatic carbocycles. The molecule has 5 nitrogen and oxygen atoms in total. The molecule has 106 valence electrons. The van der Waals surface area contributed by atoms with Crippen molar-refractivity contribution in [2.75, 3.05) is 6.61 Å². The molecule has 1 saturated carbocycles. The van der Waals surface area contributed by atoms with Crippen molar-refractivity contribution in [1.29, 1.82) is 0 Å². The van der Waals surface area contributed by atoms with Crippen LogP contribution in [0.2, 0.25) is 0 Å². The first-order valence-corrected chi connectivity index (χ1v) is 7.54. The fraction of sp³-hybridized carbons (Fsp3) is 0.857. The van der Waals surface area contributed by atoms with Crippen LogP contribution >= 0.6 is 0 Å². The Labute approximate surface area is 114 Å². The number of hydrogen-bond donors (Lipinski definition) is 1. The van der Waals surface area contributed by atoms with Crippen molar-refractivity contribution >= 4 is 0 Å². The number of rotatable bonds is 3. The normalized spacial score (nSPS) is 27.8. The van der Waals surface area contributed by atoms with Crippen molar-refractivity contribution < 1.29 is 4.74 Å². The van der Waals surface area contributed by atoms with Crippen LogP contribution in [0.3, 0.4) is 0 Å². The summed E-state index contributed by atoms with van der Waals surface area (Å²) in [4.78, 5) is 0. The van der Waals surface area contributed by atoms with E-state index in [-0.39, 0.29) is 11.6 Å². The van der Waals surface area contributed by atoms with Gasteiger partial charge >= 0.3 is 0 Å². The molecule has 0 amide bonds. The number of nitrogens with zero attached hydrogens (tertiary/aromatic N) is 3. The number of ether oxygens (including phenoxy) is 1. The highest BCUT2D eigenvalue weighted by molar-refractivity contribution is 5.01. The highest BCUT2D eigenvalue weighted by atomic mass is 16.5. The molecule has 1 aliphatic heterocycles. The van der Waals surface area contributed by atoms with Gasteiger partial charge in [0, 0.05) is 6.61 Å². The molecular weight excluding hydrogens is 240 g/mol. The topological polar surface area (TPSA) is 66.0 Å². The highest BCUT2D eigenvalue weighted by Gasteiger charge is 2.40. The summed E-state index contributed by atoms with van der Waals surface area (Å²) in [6, 6.07) is 0.436. The van der Waals surface area contributed by atoms with Gasteiger partial charge in [-0.25, -0.2) is 4.68 Å². The molecule has 1 saturated heterocycles. The molecule has 2 heterocycles. The van der Waals surface area contributed by atoms with Crippen LogP contribution in [0.15, 0.2) is 6.20 Å². The van der Waals surface area contributed by atoms with Crippen LogP contribution in [0.4, 0.5) is 0 Å². The van der Waals surface area contributed by atoms with E-state index in [4.69, 9.17) is 10.5 Å². The zero-order valence-electron chi connectivity index (χ0n) is 11.7. The van der Waals surface area contributed by atoms with Crippen LogP contribution in [0.25, 0.3) is 0 Å². The lowest BCUT2D eigenvalue weighted by Crippen LogP contribution is -2.38. The molecule has 0 bridgehead atoms. The zero-order chi connectivity index (χ0) is 13.3. The van der Waals surface area contributed by atoms with Crippen LogP contribution in [-0.2, 0) is 4.74 Å². The highest BCUT2D eigenvalue weighted by Crippen LogP contribution is 2.43. The average molecular weight is 264 g/mol. The average Bonchev–Trinajstić information content (AvgIpc) is 3.08. The first-order valence-electron chi connectivity index (χ1n) is 7.54. The van der Waals surface area contributed by atoms with Crippen molar-refractivity contribution in [1.82, 2.24) is 15.0 Å². The Morgan fingerprint density at radius 3 is 3.05 bits per heavy atom. The minimum absolute atomic E-state index is 0.00836. The standard InChI is InChI=1S/C14H24N4O/c1-2-12(15)13-10-18(17-16-13)11-5-8-19-14(9-11)6-3-4-7-14/h10-12H,2-9,15H2,1H3. The van der Waals surface area contributed by atoms with Crippen LogP contribution in [0.1, 0.15) is 69.6 Å². The Bertz CT molecular complexity index is 425. The third kappa shape index (κ3) is 2.54. The molecule has 2 atom stereocenters. The summed E-state index contributed by atoms with van der Waals surface area (Å²) in [5.74, 6) is 0. The van der Waals surface area contributed by atoms with Crippen molar-refractivity contribution in [2.45, 2.75) is 69.6 Å². The maximum atomic E-state index is 6.07. The molecule has 19 heavy (non-hydrogen) atoms. The Hall–Kier alpha value is -0.940. The molecule has 1 aliphatic carbocycles. The minimum Gasteiger partial charge on any atom is -0.375 e. The van der Waals surface area contributed by atoms with Crippen LogP contribution < -0.4 is 5.73 Å². The van der Waals surface area contributed by atoms with E-state index in [1.165, 1.54) is 25.7 Å². The third-order valence-electron chi connectivity index (χ3n) is 4.70. The van der Waals surface area contributed by atoms with Crippen LogP contribution in [0.5, 0.6) is 0 Å². The van der Waals surface area contributed by atoms with E-state index in [0.717, 1.165) is 31.6 Å². The maximum absolute atomic E-state index is 6.07. The lowest BCUT2D eigenvalue weighted by atomic mass is 9.89. The molecule has 1 aromatic rings. The molecule has 2 fully saturated rings. The van der Waals surface area contributed by atoms with Crippen molar-refractivity contribution in [3.63, 3.8) is 0 Å². The predicted octanol–water partition coefficient (Wildman–Crippen LogP) is 2.35. The second-order valence-electron chi connectivity index (χ2n) is 6.02. The van der Waals surface area contributed by atoms with Gasteiger partial charge in [0.15, 0.2) is 0 Å². The number of hydrogen-bond acceptors (Lipinski definition) is 4. The molecule has 0 radical (unpaired) electrons. The summed E-state index contributed by atoms with van der Waals surface area (Å²) in [6.45, 7) is 2.92. The number of aromatic nitrogens is 3. The van der Waals surface area contributed by atoms with Gasteiger partial charge in [-0.1, -0.05) is 25.0 Å². The Morgan fingerprint density at radius 1 is 1.53 bits per heavy atom.